The van der Waals surface area contributed by atoms with Crippen molar-refractivity contribution in [3.05, 3.63) is 35.9 Å². The predicted octanol–water partition coefficient (Wildman–Crippen LogP) is -0.295. The molecule has 1 fully saturated rings. The molecule has 104 valence electrons. The molecule has 0 saturated carbocycles. The van der Waals surface area contributed by atoms with Gasteiger partial charge in [0.05, 0.1) is 18.8 Å². The summed E-state index contributed by atoms with van der Waals surface area (Å²) in [5.74, 6) is -0.621. The lowest BCUT2D eigenvalue weighted by molar-refractivity contribution is -0.0796. The molecule has 1 aromatic rings. The molecular formula is C11H14N2O5S. The van der Waals surface area contributed by atoms with Gasteiger partial charge in [0.25, 0.3) is 10.2 Å². The van der Waals surface area contributed by atoms with Crippen LogP contribution in [-0.4, -0.2) is 44.7 Å². The van der Waals surface area contributed by atoms with Crippen LogP contribution in [0.3, 0.4) is 0 Å². The summed E-state index contributed by atoms with van der Waals surface area (Å²) >= 11 is 0. The Bertz CT molecular complexity index is 545. The summed E-state index contributed by atoms with van der Waals surface area (Å²) in [7, 11) is -3.93. The number of ether oxygens (including phenoxy) is 2. The molecule has 7 nitrogen and oxygen atoms in total. The number of nitrogens with zero attached hydrogens (tertiary/aromatic N) is 1. The van der Waals surface area contributed by atoms with Crippen LogP contribution >= 0.6 is 0 Å². The van der Waals surface area contributed by atoms with Crippen molar-refractivity contribution < 1.29 is 22.7 Å². The molecule has 2 rings (SSSR count). The van der Waals surface area contributed by atoms with Crippen molar-refractivity contribution in [3.8, 4) is 0 Å². The third kappa shape index (κ3) is 3.51. The molecule has 0 radical (unpaired) electrons. The zero-order valence-electron chi connectivity index (χ0n) is 10.1. The maximum atomic E-state index is 11.8. The van der Waals surface area contributed by atoms with Crippen LogP contribution in [0, 0.1) is 0 Å². The van der Waals surface area contributed by atoms with Crippen LogP contribution in [0.4, 0.5) is 0 Å². The summed E-state index contributed by atoms with van der Waals surface area (Å²) in [5, 5.41) is 5.07. The fraction of sp³-hybridized carbons (Fsp3) is 0.364. The van der Waals surface area contributed by atoms with Crippen molar-refractivity contribution in [1.29, 1.82) is 0 Å². The van der Waals surface area contributed by atoms with Crippen molar-refractivity contribution in [1.82, 2.24) is 4.31 Å². The van der Waals surface area contributed by atoms with E-state index in [0.717, 1.165) is 4.31 Å². The van der Waals surface area contributed by atoms with Crippen molar-refractivity contribution in [2.45, 2.75) is 6.23 Å². The van der Waals surface area contributed by atoms with Crippen LogP contribution in [0.25, 0.3) is 0 Å². The Hall–Kier alpha value is -1.48. The highest BCUT2D eigenvalue weighted by Crippen LogP contribution is 2.13. The minimum atomic E-state index is -3.93. The normalized spacial score (nSPS) is 21.0. The molecule has 8 heteroatoms. The number of esters is 1. The Morgan fingerprint density at radius 3 is 2.68 bits per heavy atom. The summed E-state index contributed by atoms with van der Waals surface area (Å²) in [6.07, 6.45) is -1.03. The van der Waals surface area contributed by atoms with Crippen molar-refractivity contribution >= 4 is 16.2 Å². The number of carbonyl (C=O) groups excluding carboxylic acids is 1. The first-order chi connectivity index (χ1) is 8.98. The standard InChI is InChI=1S/C11H14N2O5S/c12-19(15,16)13-6-7-17-8-10(13)18-11(14)9-4-2-1-3-5-9/h1-5,10H,6-8H2,(H2,12,15,16). The summed E-state index contributed by atoms with van der Waals surface area (Å²) in [5.41, 5.74) is 0.336. The fourth-order valence-corrected chi connectivity index (χ4v) is 2.48. The van der Waals surface area contributed by atoms with Gasteiger partial charge < -0.3 is 9.47 Å². The van der Waals surface area contributed by atoms with Gasteiger partial charge in [-0.3, -0.25) is 0 Å². The van der Waals surface area contributed by atoms with Gasteiger partial charge in [0.15, 0.2) is 6.23 Å². The molecule has 1 atom stereocenters. The summed E-state index contributed by atoms with van der Waals surface area (Å²) in [6, 6.07) is 8.29. The van der Waals surface area contributed by atoms with Crippen LogP contribution in [0.2, 0.25) is 0 Å². The van der Waals surface area contributed by atoms with E-state index in [0.29, 0.717) is 5.56 Å². The van der Waals surface area contributed by atoms with Gasteiger partial charge in [-0.15, -0.1) is 4.31 Å². The van der Waals surface area contributed by atoms with Gasteiger partial charge in [-0.2, -0.15) is 8.42 Å². The number of nitrogens with two attached hydrogens (primary N) is 1. The van der Waals surface area contributed by atoms with E-state index in [-0.39, 0.29) is 19.8 Å². The molecule has 1 aromatic carbocycles. The van der Waals surface area contributed by atoms with Crippen LogP contribution in [0.5, 0.6) is 0 Å². The Labute approximate surface area is 111 Å². The van der Waals surface area contributed by atoms with E-state index in [1.807, 2.05) is 0 Å². The molecule has 0 aromatic heterocycles. The third-order valence-electron chi connectivity index (χ3n) is 2.62. The average molecular weight is 286 g/mol. The van der Waals surface area contributed by atoms with E-state index in [1.165, 1.54) is 0 Å². The molecule has 0 aliphatic carbocycles. The Balaban J connectivity index is 2.10. The summed E-state index contributed by atoms with van der Waals surface area (Å²) in [6.45, 7) is 0.246. The number of carbonyl (C=O) groups is 1. The molecule has 0 spiro atoms. The molecular weight excluding hydrogens is 272 g/mol. The summed E-state index contributed by atoms with van der Waals surface area (Å²) in [4.78, 5) is 11.8. The number of morpholine rings is 1. The molecule has 0 bridgehead atoms. The van der Waals surface area contributed by atoms with E-state index < -0.39 is 22.4 Å². The quantitative estimate of drug-likeness (QED) is 0.769. The number of benzene rings is 1. The molecule has 0 amide bonds. The minimum Gasteiger partial charge on any atom is -0.439 e. The van der Waals surface area contributed by atoms with E-state index >= 15 is 0 Å². The van der Waals surface area contributed by atoms with Crippen molar-refractivity contribution in [2.24, 2.45) is 5.14 Å². The third-order valence-corrected chi connectivity index (χ3v) is 3.69. The van der Waals surface area contributed by atoms with Gasteiger partial charge in [-0.05, 0) is 12.1 Å². The lowest BCUT2D eigenvalue weighted by Gasteiger charge is -2.32. The molecule has 1 aliphatic heterocycles. The van der Waals surface area contributed by atoms with Gasteiger partial charge >= 0.3 is 5.97 Å². The van der Waals surface area contributed by atoms with Gasteiger partial charge in [-0.1, -0.05) is 18.2 Å². The zero-order valence-corrected chi connectivity index (χ0v) is 10.9. The topological polar surface area (TPSA) is 98.9 Å². The van der Waals surface area contributed by atoms with Gasteiger partial charge in [0.1, 0.15) is 0 Å². The maximum Gasteiger partial charge on any atom is 0.339 e. The van der Waals surface area contributed by atoms with Gasteiger partial charge in [-0.25, -0.2) is 9.93 Å². The first-order valence-corrected chi connectivity index (χ1v) is 7.12. The molecule has 1 saturated heterocycles. The average Bonchev–Trinajstić information content (AvgIpc) is 2.39. The molecule has 19 heavy (non-hydrogen) atoms. The maximum absolute atomic E-state index is 11.8. The second-order valence-corrected chi connectivity index (χ2v) is 5.46. The van der Waals surface area contributed by atoms with E-state index in [2.05, 4.69) is 0 Å². The largest absolute Gasteiger partial charge is 0.439 e. The van der Waals surface area contributed by atoms with E-state index in [1.54, 1.807) is 30.3 Å². The fourth-order valence-electron chi connectivity index (χ4n) is 1.72. The number of hydrogen-bond donors (Lipinski definition) is 1. The Morgan fingerprint density at radius 1 is 1.37 bits per heavy atom. The lowest BCUT2D eigenvalue weighted by Crippen LogP contribution is -2.52. The second kappa shape index (κ2) is 5.66. The number of rotatable bonds is 3. The smallest absolute Gasteiger partial charge is 0.339 e. The number of hydrogen-bond acceptors (Lipinski definition) is 5. The SMILES string of the molecule is NS(=O)(=O)N1CCOCC1OC(=O)c1ccccc1. The lowest BCUT2D eigenvalue weighted by atomic mass is 10.2. The molecule has 2 N–H and O–H groups in total. The molecule has 1 aliphatic rings. The highest BCUT2D eigenvalue weighted by atomic mass is 32.2. The highest BCUT2D eigenvalue weighted by molar-refractivity contribution is 7.86. The van der Waals surface area contributed by atoms with E-state index in [9.17, 15) is 13.2 Å². The van der Waals surface area contributed by atoms with Crippen LogP contribution in [0.15, 0.2) is 30.3 Å². The zero-order chi connectivity index (χ0) is 13.9. The van der Waals surface area contributed by atoms with Crippen LogP contribution < -0.4 is 5.14 Å². The second-order valence-electron chi connectivity index (χ2n) is 3.96. The van der Waals surface area contributed by atoms with Crippen molar-refractivity contribution in [2.75, 3.05) is 19.8 Å². The predicted molar refractivity (Wildman–Crippen MR) is 66.3 cm³/mol. The van der Waals surface area contributed by atoms with Crippen molar-refractivity contribution in [3.63, 3.8) is 0 Å². The highest BCUT2D eigenvalue weighted by Gasteiger charge is 2.33. The first kappa shape index (κ1) is 13.9. The molecule has 1 heterocycles. The van der Waals surface area contributed by atoms with Crippen LogP contribution in [-0.2, 0) is 19.7 Å². The monoisotopic (exact) mass is 286 g/mol. The van der Waals surface area contributed by atoms with Crippen LogP contribution in [0.1, 0.15) is 10.4 Å². The molecule has 1 unspecified atom stereocenters. The minimum absolute atomic E-state index is 0.0327. The Kier molecular flexibility index (Phi) is 4.15. The van der Waals surface area contributed by atoms with Gasteiger partial charge in [0, 0.05) is 6.54 Å². The van der Waals surface area contributed by atoms with Gasteiger partial charge in [0.2, 0.25) is 0 Å². The van der Waals surface area contributed by atoms with E-state index in [4.69, 9.17) is 14.6 Å². The summed E-state index contributed by atoms with van der Waals surface area (Å²) < 4.78 is 33.9. The Morgan fingerprint density at radius 2 is 2.05 bits per heavy atom. The first-order valence-electron chi connectivity index (χ1n) is 5.62.